The summed E-state index contributed by atoms with van der Waals surface area (Å²) >= 11 is 0. The number of nitrogens with one attached hydrogen (secondary N) is 1. The number of amides is 1. The minimum Gasteiger partial charge on any atom is -0.756 e. The topological polar surface area (TPSA) is 108 Å². The highest BCUT2D eigenvalue weighted by atomic mass is 31.2. The molecule has 3 atom stereocenters. The largest absolute Gasteiger partial charge is 0.756 e. The van der Waals surface area contributed by atoms with E-state index in [0.717, 1.165) is 38.5 Å². The number of rotatable bonds is 61. The number of carbonyl (C=O) groups is 1. The molecule has 0 aliphatic carbocycles. The molecule has 2 N–H and O–H groups in total. The predicted octanol–water partition coefficient (Wildman–Crippen LogP) is 19.5. The van der Waals surface area contributed by atoms with Gasteiger partial charge in [-0.2, -0.15) is 0 Å². The van der Waals surface area contributed by atoms with Crippen molar-refractivity contribution in [3.63, 3.8) is 0 Å². The Morgan fingerprint density at radius 2 is 0.753 bits per heavy atom. The second-order valence-corrected chi connectivity index (χ2v) is 25.2. The standard InChI is InChI=1S/C64H129N2O6P/c1-6-8-10-12-14-16-18-20-22-24-26-28-30-31-32-33-34-35-36-38-40-42-44-46-48-50-52-54-56-58-64(68)65-62(61-72-73(69,70)71-60-59-66(3,4)5)63(67)57-55-53-51-49-47-45-43-41-39-37-29-27-25-23-21-19-17-15-13-11-9-7-2/h31-32,62-63,67H,6-30,33-61H2,1-5H3,(H-,65,68,69,70)/b32-31-. The fraction of sp³-hybridized carbons (Fsp3) is 0.953. The Morgan fingerprint density at radius 1 is 0.466 bits per heavy atom. The van der Waals surface area contributed by atoms with Crippen LogP contribution in [0, 0.1) is 0 Å². The third-order valence-electron chi connectivity index (χ3n) is 15.3. The lowest BCUT2D eigenvalue weighted by Gasteiger charge is -2.30. The number of allylic oxidation sites excluding steroid dienone is 2. The van der Waals surface area contributed by atoms with Crippen LogP contribution in [0.4, 0.5) is 0 Å². The van der Waals surface area contributed by atoms with Crippen LogP contribution in [-0.2, 0) is 18.4 Å². The maximum absolute atomic E-state index is 13.0. The molecule has 0 radical (unpaired) electrons. The van der Waals surface area contributed by atoms with Crippen LogP contribution in [0.5, 0.6) is 0 Å². The van der Waals surface area contributed by atoms with Gasteiger partial charge in [0.15, 0.2) is 0 Å². The van der Waals surface area contributed by atoms with Crippen LogP contribution in [0.1, 0.15) is 341 Å². The van der Waals surface area contributed by atoms with E-state index in [4.69, 9.17) is 9.05 Å². The van der Waals surface area contributed by atoms with Crippen molar-refractivity contribution in [2.45, 2.75) is 353 Å². The zero-order valence-electron chi connectivity index (χ0n) is 49.9. The number of hydrogen-bond donors (Lipinski definition) is 2. The zero-order valence-corrected chi connectivity index (χ0v) is 50.8. The van der Waals surface area contributed by atoms with Gasteiger partial charge < -0.3 is 28.8 Å². The van der Waals surface area contributed by atoms with Crippen molar-refractivity contribution in [1.82, 2.24) is 5.32 Å². The molecule has 0 spiro atoms. The molecule has 0 aromatic carbocycles. The molecule has 1 amide bonds. The van der Waals surface area contributed by atoms with E-state index in [1.54, 1.807) is 0 Å². The molecule has 8 nitrogen and oxygen atoms in total. The molecule has 436 valence electrons. The Hall–Kier alpha value is -0.760. The Kier molecular flexibility index (Phi) is 55.4. The van der Waals surface area contributed by atoms with Crippen LogP contribution in [0.15, 0.2) is 12.2 Å². The Bertz CT molecular complexity index is 1200. The minimum absolute atomic E-state index is 0.0152. The molecule has 0 aliphatic rings. The first-order chi connectivity index (χ1) is 35.5. The van der Waals surface area contributed by atoms with Crippen LogP contribution in [-0.4, -0.2) is 68.5 Å². The van der Waals surface area contributed by atoms with E-state index in [-0.39, 0.29) is 19.1 Å². The number of phosphoric ester groups is 1. The SMILES string of the molecule is CCCCCCCCCCCCCC/C=C\CCCCCCCCCCCCCCCC(=O)NC(COP(=O)([O-])OCC[N+](C)(C)C)C(O)CCCCCCCCCCCCCCCCCCCCCCCC. The zero-order chi connectivity index (χ0) is 53.5. The van der Waals surface area contributed by atoms with Crippen molar-refractivity contribution in [1.29, 1.82) is 0 Å². The molecule has 0 aromatic heterocycles. The minimum atomic E-state index is -4.57. The Labute approximate surface area is 456 Å². The van der Waals surface area contributed by atoms with Crippen LogP contribution in [0.25, 0.3) is 0 Å². The number of quaternary nitrogens is 1. The summed E-state index contributed by atoms with van der Waals surface area (Å²) in [5.41, 5.74) is 0. The summed E-state index contributed by atoms with van der Waals surface area (Å²) in [7, 11) is 1.32. The molecule has 3 unspecified atom stereocenters. The third kappa shape index (κ3) is 58.8. The number of aliphatic hydroxyl groups is 1. The van der Waals surface area contributed by atoms with E-state index in [1.807, 2.05) is 21.1 Å². The summed E-state index contributed by atoms with van der Waals surface area (Å²) in [6, 6.07) is -0.799. The van der Waals surface area contributed by atoms with E-state index in [2.05, 4.69) is 31.3 Å². The number of nitrogens with zero attached hydrogens (tertiary/aromatic N) is 1. The van der Waals surface area contributed by atoms with Crippen molar-refractivity contribution < 1.29 is 32.9 Å². The molecular weight excluding hydrogens is 924 g/mol. The highest BCUT2D eigenvalue weighted by Gasteiger charge is 2.24. The maximum Gasteiger partial charge on any atom is 0.268 e. The molecule has 0 bridgehead atoms. The maximum atomic E-state index is 13.0. The van der Waals surface area contributed by atoms with Gasteiger partial charge in [0.1, 0.15) is 13.2 Å². The number of unbranched alkanes of at least 4 members (excludes halogenated alkanes) is 46. The second kappa shape index (κ2) is 56.0. The highest BCUT2D eigenvalue weighted by Crippen LogP contribution is 2.38. The first-order valence-electron chi connectivity index (χ1n) is 32.5. The molecule has 9 heteroatoms. The summed E-state index contributed by atoms with van der Waals surface area (Å²) in [5.74, 6) is -0.157. The highest BCUT2D eigenvalue weighted by molar-refractivity contribution is 7.45. The summed E-state index contributed by atoms with van der Waals surface area (Å²) in [6.45, 7) is 4.78. The van der Waals surface area contributed by atoms with Gasteiger partial charge in [-0.25, -0.2) is 0 Å². The van der Waals surface area contributed by atoms with E-state index < -0.39 is 20.0 Å². The monoisotopic (exact) mass is 1050 g/mol. The quantitative estimate of drug-likeness (QED) is 0.0272. The summed E-state index contributed by atoms with van der Waals surface area (Å²) in [4.78, 5) is 25.6. The van der Waals surface area contributed by atoms with Gasteiger partial charge in [-0.15, -0.1) is 0 Å². The molecule has 0 aromatic rings. The smallest absolute Gasteiger partial charge is 0.268 e. The van der Waals surface area contributed by atoms with Gasteiger partial charge in [0.2, 0.25) is 5.91 Å². The lowest BCUT2D eigenvalue weighted by molar-refractivity contribution is -0.870. The second-order valence-electron chi connectivity index (χ2n) is 23.8. The van der Waals surface area contributed by atoms with Gasteiger partial charge >= 0.3 is 0 Å². The van der Waals surface area contributed by atoms with Gasteiger partial charge in [-0.05, 0) is 38.5 Å². The van der Waals surface area contributed by atoms with Crippen molar-refractivity contribution in [2.75, 3.05) is 40.9 Å². The first kappa shape index (κ1) is 72.2. The molecule has 0 saturated carbocycles. The van der Waals surface area contributed by atoms with Crippen LogP contribution in [0.2, 0.25) is 0 Å². The van der Waals surface area contributed by atoms with Gasteiger partial charge in [-0.1, -0.05) is 309 Å². The van der Waals surface area contributed by atoms with Crippen LogP contribution < -0.4 is 10.2 Å². The van der Waals surface area contributed by atoms with Crippen molar-refractivity contribution >= 4 is 13.7 Å². The average Bonchev–Trinajstić information content (AvgIpc) is 3.35. The number of aliphatic hydroxyl groups excluding tert-OH is 1. The molecule has 0 aliphatic heterocycles. The lowest BCUT2D eigenvalue weighted by atomic mass is 10.0. The lowest BCUT2D eigenvalue weighted by Crippen LogP contribution is -2.46. The molecule has 0 rings (SSSR count). The van der Waals surface area contributed by atoms with Crippen molar-refractivity contribution in [3.05, 3.63) is 12.2 Å². The molecular formula is C64H129N2O6P. The first-order valence-corrected chi connectivity index (χ1v) is 34.0. The average molecular weight is 1050 g/mol. The van der Waals surface area contributed by atoms with E-state index in [0.29, 0.717) is 23.9 Å². The van der Waals surface area contributed by atoms with Gasteiger partial charge in [0, 0.05) is 6.42 Å². The number of likely N-dealkylation sites (N-methyl/N-ethyl adjacent to an activating group) is 1. The molecule has 0 fully saturated rings. The van der Waals surface area contributed by atoms with Gasteiger partial charge in [0.05, 0.1) is 39.9 Å². The number of hydrogen-bond acceptors (Lipinski definition) is 6. The Morgan fingerprint density at radius 3 is 1.07 bits per heavy atom. The fourth-order valence-corrected chi connectivity index (χ4v) is 10.9. The molecule has 0 saturated heterocycles. The third-order valence-corrected chi connectivity index (χ3v) is 16.2. The van der Waals surface area contributed by atoms with Gasteiger partial charge in [-0.3, -0.25) is 9.36 Å². The van der Waals surface area contributed by atoms with Gasteiger partial charge in [0.25, 0.3) is 7.82 Å². The number of phosphoric acid groups is 1. The fourth-order valence-electron chi connectivity index (χ4n) is 10.2. The van der Waals surface area contributed by atoms with E-state index >= 15 is 0 Å². The van der Waals surface area contributed by atoms with Crippen molar-refractivity contribution in [3.8, 4) is 0 Å². The van der Waals surface area contributed by atoms with Crippen LogP contribution in [0.3, 0.4) is 0 Å². The summed E-state index contributed by atoms with van der Waals surface area (Å²) < 4.78 is 23.5. The summed E-state index contributed by atoms with van der Waals surface area (Å²) in [6.07, 6.45) is 69.8. The van der Waals surface area contributed by atoms with Crippen molar-refractivity contribution in [2.24, 2.45) is 0 Å². The summed E-state index contributed by atoms with van der Waals surface area (Å²) in [5, 5.41) is 14.1. The van der Waals surface area contributed by atoms with E-state index in [9.17, 15) is 19.4 Å². The Balaban J connectivity index is 4.05. The molecule has 73 heavy (non-hydrogen) atoms. The van der Waals surface area contributed by atoms with Crippen LogP contribution >= 0.6 is 7.82 Å². The number of carbonyl (C=O) groups excluding carboxylic acids is 1. The predicted molar refractivity (Wildman–Crippen MR) is 316 cm³/mol. The molecule has 0 heterocycles. The van der Waals surface area contributed by atoms with E-state index in [1.165, 1.54) is 276 Å². The normalized spacial score (nSPS) is 13.8.